The van der Waals surface area contributed by atoms with E-state index in [2.05, 4.69) is 38.1 Å². The molecule has 1 aromatic carbocycles. The molecule has 50 heavy (non-hydrogen) atoms. The number of carbonyl (C=O) groups is 2. The number of ether oxygens (including phenoxy) is 2. The second-order valence-electron chi connectivity index (χ2n) is 12.8. The van der Waals surface area contributed by atoms with Gasteiger partial charge in [-0.1, -0.05) is 41.6 Å². The van der Waals surface area contributed by atoms with Crippen molar-refractivity contribution in [3.05, 3.63) is 76.9 Å². The van der Waals surface area contributed by atoms with Crippen molar-refractivity contribution in [1.82, 2.24) is 19.9 Å². The first-order valence-electron chi connectivity index (χ1n) is 16.6. The smallest absolute Gasteiger partial charge is 0.267 e. The molecular weight excluding hydrogens is 676 g/mol. The quantitative estimate of drug-likeness (QED) is 0.199. The molecule has 14 heteroatoms. The predicted molar refractivity (Wildman–Crippen MR) is 197 cm³/mol. The summed E-state index contributed by atoms with van der Waals surface area (Å²) in [4.78, 5) is 46.6. The number of rotatable bonds is 9. The summed E-state index contributed by atoms with van der Waals surface area (Å²) in [7, 11) is 1.58. The van der Waals surface area contributed by atoms with Gasteiger partial charge in [0.2, 0.25) is 5.91 Å². The normalized spacial score (nSPS) is 16.9. The molecule has 0 aliphatic carbocycles. The van der Waals surface area contributed by atoms with Crippen molar-refractivity contribution in [2.75, 3.05) is 80.0 Å². The lowest BCUT2D eigenvalue weighted by Gasteiger charge is -2.54. The number of benzene rings is 1. The van der Waals surface area contributed by atoms with Crippen molar-refractivity contribution < 1.29 is 19.1 Å². The lowest BCUT2D eigenvalue weighted by atomic mass is 9.73. The van der Waals surface area contributed by atoms with Crippen molar-refractivity contribution in [2.45, 2.75) is 19.8 Å². The number of nitrogens with zero attached hydrogens (tertiary/aromatic N) is 6. The number of anilines is 5. The lowest BCUT2D eigenvalue weighted by Crippen LogP contribution is -2.59. The van der Waals surface area contributed by atoms with Crippen LogP contribution in [0.2, 0.25) is 5.02 Å². The third-order valence-corrected chi connectivity index (χ3v) is 10.9. The molecule has 4 aromatic rings. The number of aryl methyl sites for hydroxylation is 1. The molecule has 1 spiro atoms. The van der Waals surface area contributed by atoms with Crippen LogP contribution < -0.4 is 25.2 Å². The molecule has 3 aromatic heterocycles. The number of para-hydroxylation sites is 1. The van der Waals surface area contributed by atoms with Crippen molar-refractivity contribution in [2.24, 2.45) is 5.41 Å². The second kappa shape index (κ2) is 14.3. The molecule has 6 heterocycles. The van der Waals surface area contributed by atoms with Gasteiger partial charge in [-0.15, -0.1) is 0 Å². The average molecular weight is 715 g/mol. The minimum Gasteiger partial charge on any atom is -0.493 e. The molecule has 0 unspecified atom stereocenters. The van der Waals surface area contributed by atoms with Gasteiger partial charge in [-0.25, -0.2) is 15.0 Å². The highest BCUT2D eigenvalue weighted by atomic mass is 35.5. The summed E-state index contributed by atoms with van der Waals surface area (Å²) in [6.45, 7) is 11.6. The summed E-state index contributed by atoms with van der Waals surface area (Å²) >= 11 is 7.52. The van der Waals surface area contributed by atoms with E-state index in [1.165, 1.54) is 23.6 Å². The van der Waals surface area contributed by atoms with Crippen LogP contribution in [0.1, 0.15) is 28.1 Å². The number of pyridine rings is 2. The zero-order chi connectivity index (χ0) is 34.8. The molecule has 3 aliphatic rings. The molecule has 3 saturated heterocycles. The Morgan fingerprint density at radius 3 is 2.56 bits per heavy atom. The third-order valence-electron chi connectivity index (χ3n) is 9.65. The molecule has 260 valence electrons. The minimum absolute atomic E-state index is 0.0446. The van der Waals surface area contributed by atoms with Crippen molar-refractivity contribution in [3.8, 4) is 17.0 Å². The number of methoxy groups -OCH3 is 1. The van der Waals surface area contributed by atoms with E-state index < -0.39 is 0 Å². The molecule has 0 atom stereocenters. The first-order valence-corrected chi connectivity index (χ1v) is 17.8. The zero-order valence-electron chi connectivity index (χ0n) is 28.1. The second-order valence-corrected chi connectivity index (χ2v) is 14.3. The Hall–Kier alpha value is -4.72. The number of hydrogen-bond donors (Lipinski definition) is 2. The maximum absolute atomic E-state index is 13.1. The van der Waals surface area contributed by atoms with Crippen molar-refractivity contribution >= 4 is 62.9 Å². The van der Waals surface area contributed by atoms with Crippen LogP contribution in [0.25, 0.3) is 11.3 Å². The van der Waals surface area contributed by atoms with Gasteiger partial charge >= 0.3 is 0 Å². The van der Waals surface area contributed by atoms with E-state index in [-0.39, 0.29) is 17.2 Å². The van der Waals surface area contributed by atoms with Crippen molar-refractivity contribution in [1.29, 1.82) is 0 Å². The Morgan fingerprint density at radius 1 is 1.06 bits per heavy atom. The standard InChI is InChI=1S/C36H39ClN8O4S/c1-4-30(46)43-12-14-44(15-13-43)33-27(45-21-36(22-45)10-16-49-17-11-36)18-24(19-38-33)26-8-9-28(48-3)32(40-26)42-35-39-20-29(50-35)34(47)41-31-23(2)6-5-7-25(31)37/h4-9,18-20H,1,10-17,21-22H2,2-3H3,(H,41,47)(H,39,40,42). The number of nitrogens with one attached hydrogen (secondary N) is 2. The molecule has 0 radical (unpaired) electrons. The maximum Gasteiger partial charge on any atom is 0.267 e. The summed E-state index contributed by atoms with van der Waals surface area (Å²) < 4.78 is 11.3. The van der Waals surface area contributed by atoms with Gasteiger partial charge in [0.1, 0.15) is 4.88 Å². The Labute approximate surface area is 300 Å². The molecule has 7 rings (SSSR count). The van der Waals surface area contributed by atoms with Gasteiger partial charge in [-0.05, 0) is 55.7 Å². The van der Waals surface area contributed by atoms with Crippen LogP contribution in [-0.4, -0.2) is 91.3 Å². The van der Waals surface area contributed by atoms with Crippen LogP contribution in [0.4, 0.5) is 28.1 Å². The maximum atomic E-state index is 13.1. The van der Waals surface area contributed by atoms with Crippen LogP contribution in [-0.2, 0) is 9.53 Å². The minimum atomic E-state index is -0.304. The fourth-order valence-corrected chi connectivity index (χ4v) is 7.73. The largest absolute Gasteiger partial charge is 0.493 e. The molecule has 2 amide bonds. The highest BCUT2D eigenvalue weighted by Gasteiger charge is 2.45. The fraction of sp³-hybridized carbons (Fsp3) is 0.361. The Balaban J connectivity index is 1.13. The number of hydrogen-bond acceptors (Lipinski definition) is 11. The lowest BCUT2D eigenvalue weighted by molar-refractivity contribution is -0.126. The van der Waals surface area contributed by atoms with Gasteiger partial charge in [-0.2, -0.15) is 0 Å². The summed E-state index contributed by atoms with van der Waals surface area (Å²) in [5, 5.41) is 7.10. The molecule has 0 saturated carbocycles. The van der Waals surface area contributed by atoms with E-state index in [1.54, 1.807) is 13.2 Å². The van der Waals surface area contributed by atoms with Gasteiger partial charge in [0, 0.05) is 69.7 Å². The van der Waals surface area contributed by atoms with Crippen LogP contribution in [0, 0.1) is 12.3 Å². The fourth-order valence-electron chi connectivity index (χ4n) is 6.75. The van der Waals surface area contributed by atoms with E-state index in [0.29, 0.717) is 64.2 Å². The average Bonchev–Trinajstić information content (AvgIpc) is 3.60. The van der Waals surface area contributed by atoms with Gasteiger partial charge < -0.3 is 34.8 Å². The van der Waals surface area contributed by atoms with E-state index in [9.17, 15) is 9.59 Å². The highest BCUT2D eigenvalue weighted by Crippen LogP contribution is 2.45. The molecule has 12 nitrogen and oxygen atoms in total. The Kier molecular flexibility index (Phi) is 9.63. The van der Waals surface area contributed by atoms with E-state index in [4.69, 9.17) is 31.0 Å². The number of amides is 2. The number of halogens is 1. The van der Waals surface area contributed by atoms with Gasteiger partial charge in [-0.3, -0.25) is 9.59 Å². The Bertz CT molecular complexity index is 1890. The number of piperazine rings is 1. The van der Waals surface area contributed by atoms with Gasteiger partial charge in [0.15, 0.2) is 22.5 Å². The van der Waals surface area contributed by atoms with Gasteiger partial charge in [0.05, 0.1) is 35.4 Å². The van der Waals surface area contributed by atoms with Crippen LogP contribution in [0.15, 0.2) is 61.4 Å². The first kappa shape index (κ1) is 33.8. The number of aromatic nitrogens is 3. The molecule has 2 N–H and O–H groups in total. The van der Waals surface area contributed by atoms with Crippen LogP contribution >= 0.6 is 22.9 Å². The number of thiazole rings is 1. The highest BCUT2D eigenvalue weighted by molar-refractivity contribution is 7.17. The summed E-state index contributed by atoms with van der Waals surface area (Å²) in [6, 6.07) is 11.4. The molecular formula is C36H39ClN8O4S. The molecule has 0 bridgehead atoms. The van der Waals surface area contributed by atoms with E-state index in [1.807, 2.05) is 42.3 Å². The van der Waals surface area contributed by atoms with E-state index in [0.717, 1.165) is 61.8 Å². The summed E-state index contributed by atoms with van der Waals surface area (Å²) in [6.07, 6.45) is 6.86. The SMILES string of the molecule is C=CC(=O)N1CCN(c2ncc(-c3ccc(OC)c(Nc4ncc(C(=O)Nc5c(C)cccc5Cl)s4)n3)cc2N2CC3(CCOCC3)C2)CC1. The third kappa shape index (κ3) is 6.85. The zero-order valence-corrected chi connectivity index (χ0v) is 29.6. The Morgan fingerprint density at radius 2 is 1.84 bits per heavy atom. The monoisotopic (exact) mass is 714 g/mol. The first-order chi connectivity index (χ1) is 24.3. The van der Waals surface area contributed by atoms with Gasteiger partial charge in [0.25, 0.3) is 5.91 Å². The summed E-state index contributed by atoms with van der Waals surface area (Å²) in [5.74, 6) is 1.56. The topological polar surface area (TPSA) is 125 Å². The van der Waals surface area contributed by atoms with Crippen molar-refractivity contribution in [3.63, 3.8) is 0 Å². The molecule has 3 aliphatic heterocycles. The summed E-state index contributed by atoms with van der Waals surface area (Å²) in [5.41, 5.74) is 4.33. The predicted octanol–water partition coefficient (Wildman–Crippen LogP) is 6.02. The number of carbonyl (C=O) groups excluding carboxylic acids is 2. The van der Waals surface area contributed by atoms with Crippen LogP contribution in [0.5, 0.6) is 5.75 Å². The van der Waals surface area contributed by atoms with Crippen LogP contribution in [0.3, 0.4) is 0 Å². The van der Waals surface area contributed by atoms with E-state index >= 15 is 0 Å². The molecule has 3 fully saturated rings.